The Morgan fingerprint density at radius 2 is 1.81 bits per heavy atom. The van der Waals surface area contributed by atoms with Crippen molar-refractivity contribution >= 4 is 15.9 Å². The summed E-state index contributed by atoms with van der Waals surface area (Å²) in [5.41, 5.74) is 1.12. The minimum absolute atomic E-state index is 0.0100. The fraction of sp³-hybridized carbons (Fsp3) is 0.286. The van der Waals surface area contributed by atoms with Crippen molar-refractivity contribution in [2.24, 2.45) is 0 Å². The van der Waals surface area contributed by atoms with Crippen LogP contribution in [0.25, 0.3) is 0 Å². The van der Waals surface area contributed by atoms with Crippen molar-refractivity contribution < 1.29 is 4.48 Å². The van der Waals surface area contributed by atoms with E-state index in [-0.39, 0.29) is 6.04 Å². The lowest BCUT2D eigenvalue weighted by Crippen LogP contribution is -2.42. The maximum atomic E-state index is 5.61. The van der Waals surface area contributed by atoms with Gasteiger partial charge < -0.3 is 4.48 Å². The first-order valence-corrected chi connectivity index (χ1v) is 5.78. The van der Waals surface area contributed by atoms with E-state index in [9.17, 15) is 0 Å². The smallest absolute Gasteiger partial charge is 0.176 e. The van der Waals surface area contributed by atoms with Crippen LogP contribution in [0.5, 0.6) is 0 Å². The van der Waals surface area contributed by atoms with E-state index in [0.717, 1.165) is 10.0 Å². The molecule has 0 heterocycles. The van der Waals surface area contributed by atoms with Gasteiger partial charge in [-0.2, -0.15) is 0 Å². The standard InChI is InChI=1S/C14H15BrN/c1-5-11-16(3,4)14(6-2)12-7-9-13(15)10-8-12/h1-2,7-10,14H,11H2,3-4H3/q+1. The third kappa shape index (κ3) is 2.89. The number of hydrogen-bond acceptors (Lipinski definition) is 0. The Balaban J connectivity index is 3.05. The Hall–Kier alpha value is -1.22. The third-order valence-corrected chi connectivity index (χ3v) is 3.07. The Morgan fingerprint density at radius 3 is 2.25 bits per heavy atom. The maximum absolute atomic E-state index is 5.61. The molecule has 1 rings (SSSR count). The monoisotopic (exact) mass is 276 g/mol. The molecule has 0 aliphatic rings. The summed E-state index contributed by atoms with van der Waals surface area (Å²) in [6.45, 7) is 0.616. The van der Waals surface area contributed by atoms with Crippen LogP contribution in [0.4, 0.5) is 0 Å². The molecular weight excluding hydrogens is 262 g/mol. The first kappa shape index (κ1) is 12.8. The molecule has 0 N–H and O–H groups in total. The summed E-state index contributed by atoms with van der Waals surface area (Å²) in [6, 6.07) is 8.05. The van der Waals surface area contributed by atoms with Crippen molar-refractivity contribution in [3.63, 3.8) is 0 Å². The molecule has 0 amide bonds. The predicted molar refractivity (Wildman–Crippen MR) is 71.5 cm³/mol. The van der Waals surface area contributed by atoms with Gasteiger partial charge in [-0.3, -0.25) is 0 Å². The van der Waals surface area contributed by atoms with Gasteiger partial charge in [-0.15, -0.1) is 12.8 Å². The predicted octanol–water partition coefficient (Wildman–Crippen LogP) is 2.83. The number of halogens is 1. The highest BCUT2D eigenvalue weighted by Crippen LogP contribution is 2.25. The molecule has 0 saturated carbocycles. The van der Waals surface area contributed by atoms with Crippen molar-refractivity contribution in [2.75, 3.05) is 20.6 Å². The van der Waals surface area contributed by atoms with Crippen LogP contribution in [-0.2, 0) is 0 Å². The zero-order chi connectivity index (χ0) is 12.2. The van der Waals surface area contributed by atoms with Gasteiger partial charge in [-0.1, -0.05) is 28.1 Å². The minimum atomic E-state index is -0.0100. The molecule has 82 valence electrons. The molecule has 0 fully saturated rings. The van der Waals surface area contributed by atoms with Crippen molar-refractivity contribution in [3.8, 4) is 24.7 Å². The SMILES string of the molecule is C#CC[N+](C)(C)C(C#C)c1ccc(Br)cc1. The number of hydrogen-bond donors (Lipinski definition) is 0. The maximum Gasteiger partial charge on any atom is 0.176 e. The lowest BCUT2D eigenvalue weighted by molar-refractivity contribution is -0.905. The van der Waals surface area contributed by atoms with E-state index >= 15 is 0 Å². The van der Waals surface area contributed by atoms with Crippen molar-refractivity contribution in [2.45, 2.75) is 6.04 Å². The van der Waals surface area contributed by atoms with E-state index < -0.39 is 0 Å². The van der Waals surface area contributed by atoms with Gasteiger partial charge in [0.15, 0.2) is 6.04 Å². The van der Waals surface area contributed by atoms with Crippen molar-refractivity contribution in [1.29, 1.82) is 0 Å². The molecule has 16 heavy (non-hydrogen) atoms. The lowest BCUT2D eigenvalue weighted by Gasteiger charge is -2.33. The zero-order valence-corrected chi connectivity index (χ0v) is 11.2. The first-order valence-electron chi connectivity index (χ1n) is 4.99. The van der Waals surface area contributed by atoms with Gasteiger partial charge >= 0.3 is 0 Å². The molecule has 1 nitrogen and oxygen atoms in total. The summed E-state index contributed by atoms with van der Waals surface area (Å²) in [7, 11) is 4.10. The number of benzene rings is 1. The molecule has 2 heteroatoms. The number of terminal acetylenes is 2. The zero-order valence-electron chi connectivity index (χ0n) is 9.57. The molecule has 0 radical (unpaired) electrons. The van der Waals surface area contributed by atoms with Crippen LogP contribution in [0.15, 0.2) is 28.7 Å². The molecule has 1 atom stereocenters. The molecule has 0 bridgehead atoms. The van der Waals surface area contributed by atoms with Crippen LogP contribution in [0.1, 0.15) is 11.6 Å². The summed E-state index contributed by atoms with van der Waals surface area (Å²) in [5, 5.41) is 0. The Kier molecular flexibility index (Phi) is 4.19. The van der Waals surface area contributed by atoms with Gasteiger partial charge in [-0.25, -0.2) is 0 Å². The van der Waals surface area contributed by atoms with Crippen LogP contribution in [0.3, 0.4) is 0 Å². The van der Waals surface area contributed by atoms with Gasteiger partial charge in [0.05, 0.1) is 14.1 Å². The van der Waals surface area contributed by atoms with E-state index in [0.29, 0.717) is 11.0 Å². The third-order valence-electron chi connectivity index (χ3n) is 2.54. The van der Waals surface area contributed by atoms with Crippen LogP contribution in [-0.4, -0.2) is 25.1 Å². The number of rotatable bonds is 3. The second-order valence-electron chi connectivity index (χ2n) is 4.26. The van der Waals surface area contributed by atoms with E-state index in [2.05, 4.69) is 27.8 Å². The lowest BCUT2D eigenvalue weighted by atomic mass is 10.0. The summed E-state index contributed by atoms with van der Waals surface area (Å²) in [6.07, 6.45) is 11.0. The van der Waals surface area contributed by atoms with Crippen molar-refractivity contribution in [3.05, 3.63) is 34.3 Å². The number of quaternary nitrogens is 1. The molecular formula is C14H15BrN+. The normalized spacial score (nSPS) is 12.6. The Labute approximate surface area is 106 Å². The van der Waals surface area contributed by atoms with E-state index in [4.69, 9.17) is 12.8 Å². The fourth-order valence-corrected chi connectivity index (χ4v) is 1.94. The quantitative estimate of drug-likeness (QED) is 0.588. The van der Waals surface area contributed by atoms with Gasteiger partial charge in [0.1, 0.15) is 6.54 Å². The topological polar surface area (TPSA) is 0 Å². The van der Waals surface area contributed by atoms with Crippen molar-refractivity contribution in [1.82, 2.24) is 0 Å². The average molecular weight is 277 g/mol. The highest BCUT2D eigenvalue weighted by Gasteiger charge is 2.26. The van der Waals surface area contributed by atoms with Crippen LogP contribution in [0, 0.1) is 24.7 Å². The molecule has 1 unspecified atom stereocenters. The van der Waals surface area contributed by atoms with E-state index in [1.807, 2.05) is 38.4 Å². The molecule has 0 aliphatic heterocycles. The number of nitrogens with zero attached hydrogens (tertiary/aromatic N) is 1. The summed E-state index contributed by atoms with van der Waals surface area (Å²) < 4.78 is 1.66. The second-order valence-corrected chi connectivity index (χ2v) is 5.18. The Morgan fingerprint density at radius 1 is 1.25 bits per heavy atom. The Bertz CT molecular complexity index is 431. The van der Waals surface area contributed by atoms with Gasteiger partial charge in [0.25, 0.3) is 0 Å². The molecule has 1 aromatic rings. The van der Waals surface area contributed by atoms with Gasteiger partial charge in [0.2, 0.25) is 0 Å². The molecule has 1 aromatic carbocycles. The van der Waals surface area contributed by atoms with E-state index in [1.165, 1.54) is 0 Å². The largest absolute Gasteiger partial charge is 0.302 e. The summed E-state index contributed by atoms with van der Waals surface area (Å²) in [5.74, 6) is 5.50. The van der Waals surface area contributed by atoms with Crippen LogP contribution >= 0.6 is 15.9 Å². The van der Waals surface area contributed by atoms with Crippen LogP contribution in [0.2, 0.25) is 0 Å². The van der Waals surface area contributed by atoms with Crippen LogP contribution < -0.4 is 0 Å². The second kappa shape index (κ2) is 5.21. The minimum Gasteiger partial charge on any atom is -0.302 e. The van der Waals surface area contributed by atoms with Gasteiger partial charge in [-0.05, 0) is 24.0 Å². The highest BCUT2D eigenvalue weighted by molar-refractivity contribution is 9.10. The molecule has 0 saturated heterocycles. The summed E-state index contributed by atoms with van der Waals surface area (Å²) in [4.78, 5) is 0. The molecule has 0 aromatic heterocycles. The van der Waals surface area contributed by atoms with Gasteiger partial charge in [0, 0.05) is 10.0 Å². The fourth-order valence-electron chi connectivity index (χ4n) is 1.67. The first-order chi connectivity index (χ1) is 7.51. The van der Waals surface area contributed by atoms with E-state index in [1.54, 1.807) is 0 Å². The molecule has 0 spiro atoms. The highest BCUT2D eigenvalue weighted by atomic mass is 79.9. The average Bonchev–Trinajstić information content (AvgIpc) is 2.21. The molecule has 0 aliphatic carbocycles. The summed E-state index contributed by atoms with van der Waals surface area (Å²) >= 11 is 3.41.